The van der Waals surface area contributed by atoms with Crippen molar-refractivity contribution in [2.75, 3.05) is 58.1 Å². The van der Waals surface area contributed by atoms with E-state index in [0.29, 0.717) is 71.7 Å². The second kappa shape index (κ2) is 10.1. The molecule has 0 bridgehead atoms. The van der Waals surface area contributed by atoms with E-state index in [2.05, 4.69) is 19.9 Å². The van der Waals surface area contributed by atoms with Crippen LogP contribution in [0, 0.1) is 0 Å². The van der Waals surface area contributed by atoms with Crippen molar-refractivity contribution in [3.05, 3.63) is 54.2 Å². The molecule has 2 aromatic heterocycles. The number of nitrogens with two attached hydrogens (primary N) is 1. The van der Waals surface area contributed by atoms with Gasteiger partial charge in [0.25, 0.3) is 5.91 Å². The van der Waals surface area contributed by atoms with Gasteiger partial charge in [0.15, 0.2) is 28.5 Å². The monoisotopic (exact) mass is 501 g/mol. The summed E-state index contributed by atoms with van der Waals surface area (Å²) in [5.74, 6) is 2.53. The summed E-state index contributed by atoms with van der Waals surface area (Å²) < 4.78 is 16.0. The molecule has 1 aliphatic heterocycles. The molecule has 0 radical (unpaired) electrons. The van der Waals surface area contributed by atoms with Crippen LogP contribution in [0.3, 0.4) is 0 Å². The number of rotatable bonds is 6. The first kappa shape index (κ1) is 24.0. The number of fused-ring (bicyclic) bond motifs is 1. The number of hydrogen-bond acceptors (Lipinski definition) is 10. The maximum atomic E-state index is 13.0. The van der Waals surface area contributed by atoms with E-state index in [4.69, 9.17) is 24.9 Å². The molecule has 0 spiro atoms. The molecule has 0 aliphatic carbocycles. The molecular weight excluding hydrogens is 474 g/mol. The second-order valence-electron chi connectivity index (χ2n) is 8.41. The van der Waals surface area contributed by atoms with Crippen molar-refractivity contribution in [1.82, 2.24) is 24.8 Å². The molecule has 37 heavy (non-hydrogen) atoms. The largest absolute Gasteiger partial charge is 0.497 e. The maximum absolute atomic E-state index is 13.0. The molecule has 1 saturated heterocycles. The summed E-state index contributed by atoms with van der Waals surface area (Å²) in [6.45, 7) is 2.15. The number of ether oxygens (including phenoxy) is 3. The summed E-state index contributed by atoms with van der Waals surface area (Å²) in [6, 6.07) is 12.7. The van der Waals surface area contributed by atoms with E-state index in [1.807, 2.05) is 35.2 Å². The quantitative estimate of drug-likeness (QED) is 0.421. The molecular formula is C26H27N7O4. The van der Waals surface area contributed by atoms with Gasteiger partial charge in [0, 0.05) is 37.3 Å². The van der Waals surface area contributed by atoms with Gasteiger partial charge in [0.1, 0.15) is 5.75 Å². The van der Waals surface area contributed by atoms with Gasteiger partial charge >= 0.3 is 0 Å². The van der Waals surface area contributed by atoms with Crippen LogP contribution in [-0.2, 0) is 0 Å². The predicted molar refractivity (Wildman–Crippen MR) is 139 cm³/mol. The second-order valence-corrected chi connectivity index (χ2v) is 8.41. The number of benzene rings is 2. The highest BCUT2D eigenvalue weighted by atomic mass is 16.5. The summed E-state index contributed by atoms with van der Waals surface area (Å²) in [4.78, 5) is 35.0. The van der Waals surface area contributed by atoms with E-state index in [1.54, 1.807) is 39.7 Å². The van der Waals surface area contributed by atoms with Crippen LogP contribution in [0.4, 0.5) is 11.8 Å². The fourth-order valence-electron chi connectivity index (χ4n) is 4.32. The molecule has 2 N–H and O–H groups in total. The van der Waals surface area contributed by atoms with Gasteiger partial charge in [-0.25, -0.2) is 9.97 Å². The van der Waals surface area contributed by atoms with Gasteiger partial charge in [-0.15, -0.1) is 0 Å². The fourth-order valence-corrected chi connectivity index (χ4v) is 4.32. The van der Waals surface area contributed by atoms with Crippen molar-refractivity contribution in [2.24, 2.45) is 0 Å². The van der Waals surface area contributed by atoms with Gasteiger partial charge in [-0.1, -0.05) is 6.07 Å². The molecule has 4 aromatic rings. The van der Waals surface area contributed by atoms with Crippen LogP contribution in [0.15, 0.2) is 48.7 Å². The first-order valence-electron chi connectivity index (χ1n) is 11.7. The van der Waals surface area contributed by atoms with E-state index in [1.165, 1.54) is 0 Å². The van der Waals surface area contributed by atoms with Crippen LogP contribution < -0.4 is 24.8 Å². The lowest BCUT2D eigenvalue weighted by Crippen LogP contribution is -2.49. The van der Waals surface area contributed by atoms with Crippen LogP contribution >= 0.6 is 0 Å². The highest BCUT2D eigenvalue weighted by Gasteiger charge is 2.25. The van der Waals surface area contributed by atoms with E-state index >= 15 is 0 Å². The number of anilines is 2. The average Bonchev–Trinajstić information content (AvgIpc) is 2.95. The molecule has 0 atom stereocenters. The number of amides is 1. The lowest BCUT2D eigenvalue weighted by Gasteiger charge is -2.35. The highest BCUT2D eigenvalue weighted by molar-refractivity contribution is 5.95. The molecule has 1 fully saturated rings. The van der Waals surface area contributed by atoms with Crippen molar-refractivity contribution in [1.29, 1.82) is 0 Å². The van der Waals surface area contributed by atoms with Crippen molar-refractivity contribution in [3.63, 3.8) is 0 Å². The predicted octanol–water partition coefficient (Wildman–Crippen LogP) is 2.66. The number of nitrogen functional groups attached to an aromatic ring is 1. The lowest BCUT2D eigenvalue weighted by molar-refractivity contribution is 0.0746. The molecule has 1 aliphatic rings. The molecule has 3 heterocycles. The number of carbonyl (C=O) groups excluding carboxylic acids is 1. The van der Waals surface area contributed by atoms with Crippen molar-refractivity contribution >= 4 is 28.8 Å². The molecule has 0 unspecified atom stereocenters. The smallest absolute Gasteiger partial charge is 0.254 e. The molecule has 11 heteroatoms. The Balaban J connectivity index is 1.42. The third-order valence-corrected chi connectivity index (χ3v) is 6.27. The fraction of sp³-hybridized carbons (Fsp3) is 0.269. The van der Waals surface area contributed by atoms with Crippen LogP contribution in [0.1, 0.15) is 10.4 Å². The average molecular weight is 502 g/mol. The Kier molecular flexibility index (Phi) is 6.59. The third kappa shape index (κ3) is 4.75. The van der Waals surface area contributed by atoms with Crippen LogP contribution in [0.25, 0.3) is 22.4 Å². The van der Waals surface area contributed by atoms with Gasteiger partial charge in [-0.3, -0.25) is 4.79 Å². The molecule has 0 saturated carbocycles. The number of piperazine rings is 1. The van der Waals surface area contributed by atoms with Crippen molar-refractivity contribution in [3.8, 4) is 28.5 Å². The first-order valence-corrected chi connectivity index (χ1v) is 11.7. The van der Waals surface area contributed by atoms with Gasteiger partial charge in [-0.05, 0) is 36.4 Å². The number of methoxy groups -OCH3 is 3. The summed E-state index contributed by atoms with van der Waals surface area (Å²) in [6.07, 6.45) is 1.64. The molecule has 2 aromatic carbocycles. The molecule has 5 rings (SSSR count). The zero-order chi connectivity index (χ0) is 25.9. The lowest BCUT2D eigenvalue weighted by atomic mass is 10.1. The normalized spacial score (nSPS) is 13.5. The molecule has 1 amide bonds. The standard InChI is InChI=1S/C26H27N7O4/c1-35-18-6-4-5-17(13-18)25(34)33-11-9-32(10-12-33)24-22-23(30-26(27)31-24)28-15-19(29-22)16-7-8-20(36-2)21(14-16)37-3/h4-8,13-15H,9-12H2,1-3H3,(H2,27,28,30,31). The summed E-state index contributed by atoms with van der Waals surface area (Å²) in [7, 11) is 4.76. The number of nitrogens with zero attached hydrogens (tertiary/aromatic N) is 6. The van der Waals surface area contributed by atoms with E-state index in [9.17, 15) is 4.79 Å². The van der Waals surface area contributed by atoms with E-state index in [0.717, 1.165) is 5.56 Å². The van der Waals surface area contributed by atoms with Crippen LogP contribution in [-0.4, -0.2) is 78.3 Å². The third-order valence-electron chi connectivity index (χ3n) is 6.27. The summed E-state index contributed by atoms with van der Waals surface area (Å²) >= 11 is 0. The number of carbonyl (C=O) groups is 1. The topological polar surface area (TPSA) is 129 Å². The first-order chi connectivity index (χ1) is 18.0. The highest BCUT2D eigenvalue weighted by Crippen LogP contribution is 2.33. The Labute approximate surface area is 213 Å². The van der Waals surface area contributed by atoms with E-state index in [-0.39, 0.29) is 11.9 Å². The summed E-state index contributed by atoms with van der Waals surface area (Å²) in [5.41, 5.74) is 8.98. The van der Waals surface area contributed by atoms with Gasteiger partial charge in [-0.2, -0.15) is 9.97 Å². The van der Waals surface area contributed by atoms with Crippen molar-refractivity contribution in [2.45, 2.75) is 0 Å². The molecule has 11 nitrogen and oxygen atoms in total. The van der Waals surface area contributed by atoms with E-state index < -0.39 is 0 Å². The Morgan fingerprint density at radius 1 is 0.892 bits per heavy atom. The van der Waals surface area contributed by atoms with Gasteiger partial charge in [0.2, 0.25) is 5.95 Å². The Bertz CT molecular complexity index is 1450. The van der Waals surface area contributed by atoms with Crippen LogP contribution in [0.5, 0.6) is 17.2 Å². The van der Waals surface area contributed by atoms with Crippen molar-refractivity contribution < 1.29 is 19.0 Å². The minimum Gasteiger partial charge on any atom is -0.497 e. The number of aromatic nitrogens is 4. The zero-order valence-electron chi connectivity index (χ0n) is 20.8. The Morgan fingerprint density at radius 2 is 1.68 bits per heavy atom. The van der Waals surface area contributed by atoms with Gasteiger partial charge < -0.3 is 29.7 Å². The SMILES string of the molecule is COc1cccc(C(=O)N2CCN(c3nc(N)nc4ncc(-c5ccc(OC)c(OC)c5)nc34)CC2)c1. The number of hydrogen-bond donors (Lipinski definition) is 1. The van der Waals surface area contributed by atoms with Crippen LogP contribution in [0.2, 0.25) is 0 Å². The maximum Gasteiger partial charge on any atom is 0.254 e. The van der Waals surface area contributed by atoms with Gasteiger partial charge in [0.05, 0.1) is 33.2 Å². The zero-order valence-corrected chi connectivity index (χ0v) is 20.8. The minimum atomic E-state index is -0.0406. The Hall–Kier alpha value is -4.67. The summed E-state index contributed by atoms with van der Waals surface area (Å²) in [5, 5.41) is 0. The molecule has 190 valence electrons. The Morgan fingerprint density at radius 3 is 2.41 bits per heavy atom. The minimum absolute atomic E-state index is 0.0406.